The quantitative estimate of drug-likeness (QED) is 0.835. The molecule has 0 heterocycles. The summed E-state index contributed by atoms with van der Waals surface area (Å²) in [5.74, 6) is 0.378. The molecule has 0 bridgehead atoms. The molecule has 5 nitrogen and oxygen atoms in total. The van der Waals surface area contributed by atoms with Gasteiger partial charge >= 0.3 is 0 Å². The lowest BCUT2D eigenvalue weighted by Crippen LogP contribution is -2.29. The van der Waals surface area contributed by atoms with Crippen LogP contribution < -0.4 is 14.8 Å². The van der Waals surface area contributed by atoms with E-state index >= 15 is 0 Å². The number of hydrogen-bond donors (Lipinski definition) is 2. The molecule has 20 heavy (non-hydrogen) atoms. The van der Waals surface area contributed by atoms with Crippen LogP contribution in [0.4, 0.5) is 0 Å². The van der Waals surface area contributed by atoms with E-state index in [1.807, 2.05) is 20.9 Å². The van der Waals surface area contributed by atoms with E-state index in [-0.39, 0.29) is 16.4 Å². The van der Waals surface area contributed by atoms with E-state index in [1.165, 1.54) is 7.11 Å². The molecule has 0 saturated heterocycles. The summed E-state index contributed by atoms with van der Waals surface area (Å²) in [6, 6.07) is 5.16. The summed E-state index contributed by atoms with van der Waals surface area (Å²) in [5.41, 5.74) is 1.03. The van der Waals surface area contributed by atoms with Crippen LogP contribution in [0.1, 0.15) is 25.8 Å². The van der Waals surface area contributed by atoms with Crippen molar-refractivity contribution in [2.24, 2.45) is 5.41 Å². The summed E-state index contributed by atoms with van der Waals surface area (Å²) < 4.78 is 32.8. The van der Waals surface area contributed by atoms with Gasteiger partial charge in [0, 0.05) is 12.6 Å². The summed E-state index contributed by atoms with van der Waals surface area (Å²) >= 11 is 0. The van der Waals surface area contributed by atoms with E-state index in [9.17, 15) is 8.42 Å². The summed E-state index contributed by atoms with van der Waals surface area (Å²) in [4.78, 5) is 0.197. The Labute approximate surface area is 120 Å². The molecule has 1 aliphatic rings. The van der Waals surface area contributed by atoms with E-state index in [0.717, 1.165) is 12.0 Å². The van der Waals surface area contributed by atoms with Gasteiger partial charge in [-0.2, -0.15) is 0 Å². The van der Waals surface area contributed by atoms with Gasteiger partial charge in [-0.1, -0.05) is 19.9 Å². The molecule has 0 radical (unpaired) electrons. The Morgan fingerprint density at radius 2 is 2.05 bits per heavy atom. The molecule has 1 saturated carbocycles. The number of nitrogens with one attached hydrogen (secondary N) is 2. The first kappa shape index (κ1) is 15.3. The highest BCUT2D eigenvalue weighted by molar-refractivity contribution is 7.89. The van der Waals surface area contributed by atoms with Crippen molar-refractivity contribution in [1.29, 1.82) is 0 Å². The van der Waals surface area contributed by atoms with Crippen molar-refractivity contribution in [3.05, 3.63) is 23.8 Å². The third-order valence-electron chi connectivity index (χ3n) is 3.71. The summed E-state index contributed by atoms with van der Waals surface area (Å²) in [5, 5.41) is 3.03. The van der Waals surface area contributed by atoms with Crippen LogP contribution in [0.5, 0.6) is 5.75 Å². The van der Waals surface area contributed by atoms with Crippen molar-refractivity contribution in [1.82, 2.24) is 10.0 Å². The molecular weight excluding hydrogens is 276 g/mol. The zero-order valence-corrected chi connectivity index (χ0v) is 13.2. The number of hydrogen-bond acceptors (Lipinski definition) is 4. The molecule has 1 atom stereocenters. The molecule has 0 aliphatic heterocycles. The average Bonchev–Trinajstić information content (AvgIpc) is 2.95. The van der Waals surface area contributed by atoms with Crippen molar-refractivity contribution < 1.29 is 13.2 Å². The zero-order valence-electron chi connectivity index (χ0n) is 12.4. The van der Waals surface area contributed by atoms with Crippen LogP contribution in [0, 0.1) is 5.41 Å². The molecule has 6 heteroatoms. The highest BCUT2D eigenvalue weighted by Gasteiger charge is 2.48. The number of ether oxygens (including phenoxy) is 1. The van der Waals surface area contributed by atoms with Crippen molar-refractivity contribution in [2.75, 3.05) is 14.2 Å². The SMILES string of the molecule is CNCc1ccc(S(=O)(=O)NC2CC2(C)C)c(OC)c1. The molecule has 0 spiro atoms. The van der Waals surface area contributed by atoms with Gasteiger partial charge in [0.05, 0.1) is 7.11 Å². The Hall–Kier alpha value is -1.11. The smallest absolute Gasteiger partial charge is 0.244 e. The third kappa shape index (κ3) is 3.13. The Morgan fingerprint density at radius 3 is 2.55 bits per heavy atom. The van der Waals surface area contributed by atoms with Gasteiger partial charge in [0.1, 0.15) is 10.6 Å². The lowest BCUT2D eigenvalue weighted by molar-refractivity contribution is 0.401. The van der Waals surface area contributed by atoms with Crippen molar-refractivity contribution in [3.8, 4) is 5.75 Å². The van der Waals surface area contributed by atoms with Gasteiger partial charge in [0.25, 0.3) is 0 Å². The Bertz CT molecular complexity index is 596. The molecule has 2 rings (SSSR count). The van der Waals surface area contributed by atoms with Crippen LogP contribution >= 0.6 is 0 Å². The van der Waals surface area contributed by atoms with Gasteiger partial charge in [0.15, 0.2) is 0 Å². The molecule has 1 fully saturated rings. The van der Waals surface area contributed by atoms with Crippen LogP contribution in [0.2, 0.25) is 0 Å². The first-order valence-electron chi connectivity index (χ1n) is 6.64. The summed E-state index contributed by atoms with van der Waals surface area (Å²) in [7, 11) is -0.212. The second-order valence-corrected chi connectivity index (χ2v) is 7.56. The van der Waals surface area contributed by atoms with Crippen LogP contribution in [0.25, 0.3) is 0 Å². The van der Waals surface area contributed by atoms with E-state index in [0.29, 0.717) is 12.3 Å². The molecule has 1 aromatic carbocycles. The zero-order chi connectivity index (χ0) is 15.0. The standard InChI is InChI=1S/C14H22N2O3S/c1-14(2)8-13(14)16-20(17,18)12-6-5-10(9-15-3)7-11(12)19-4/h5-7,13,15-16H,8-9H2,1-4H3. The second-order valence-electron chi connectivity index (χ2n) is 5.88. The minimum atomic E-state index is -3.54. The highest BCUT2D eigenvalue weighted by Crippen LogP contribution is 2.45. The third-order valence-corrected chi connectivity index (χ3v) is 5.22. The highest BCUT2D eigenvalue weighted by atomic mass is 32.2. The van der Waals surface area contributed by atoms with Crippen molar-refractivity contribution in [2.45, 2.75) is 37.8 Å². The first-order chi connectivity index (χ1) is 9.30. The van der Waals surface area contributed by atoms with Crippen molar-refractivity contribution in [3.63, 3.8) is 0 Å². The maximum atomic E-state index is 12.4. The topological polar surface area (TPSA) is 67.4 Å². The van der Waals surface area contributed by atoms with Crippen LogP contribution in [-0.2, 0) is 16.6 Å². The minimum Gasteiger partial charge on any atom is -0.495 e. The van der Waals surface area contributed by atoms with Crippen molar-refractivity contribution >= 4 is 10.0 Å². The van der Waals surface area contributed by atoms with Crippen LogP contribution in [0.15, 0.2) is 23.1 Å². The van der Waals surface area contributed by atoms with Crippen LogP contribution in [0.3, 0.4) is 0 Å². The van der Waals surface area contributed by atoms with Crippen LogP contribution in [-0.4, -0.2) is 28.6 Å². The van der Waals surface area contributed by atoms with E-state index in [4.69, 9.17) is 4.74 Å². The van der Waals surface area contributed by atoms with Gasteiger partial charge in [-0.15, -0.1) is 0 Å². The predicted octanol–water partition coefficient (Wildman–Crippen LogP) is 1.49. The van der Waals surface area contributed by atoms with E-state index in [2.05, 4.69) is 10.0 Å². The molecule has 2 N–H and O–H groups in total. The second kappa shape index (κ2) is 5.35. The first-order valence-corrected chi connectivity index (χ1v) is 8.12. The molecule has 1 aliphatic carbocycles. The Kier molecular flexibility index (Phi) is 4.09. The summed E-state index contributed by atoms with van der Waals surface area (Å²) in [6.07, 6.45) is 0.867. The molecule has 1 unspecified atom stereocenters. The monoisotopic (exact) mass is 298 g/mol. The molecule has 112 valence electrons. The maximum absolute atomic E-state index is 12.4. The maximum Gasteiger partial charge on any atom is 0.244 e. The lowest BCUT2D eigenvalue weighted by atomic mass is 10.2. The lowest BCUT2D eigenvalue weighted by Gasteiger charge is -2.13. The Balaban J connectivity index is 2.27. The molecule has 0 aromatic heterocycles. The van der Waals surface area contributed by atoms with Gasteiger partial charge in [-0.3, -0.25) is 0 Å². The van der Waals surface area contributed by atoms with Gasteiger partial charge in [-0.25, -0.2) is 13.1 Å². The summed E-state index contributed by atoms with van der Waals surface area (Å²) in [6.45, 7) is 4.76. The van der Waals surface area contributed by atoms with Gasteiger partial charge < -0.3 is 10.1 Å². The normalized spacial score (nSPS) is 20.7. The predicted molar refractivity (Wildman–Crippen MR) is 78.3 cm³/mol. The minimum absolute atomic E-state index is 0.00851. The van der Waals surface area contributed by atoms with E-state index in [1.54, 1.807) is 18.2 Å². The molecule has 0 amide bonds. The average molecular weight is 298 g/mol. The number of methoxy groups -OCH3 is 1. The fraction of sp³-hybridized carbons (Fsp3) is 0.571. The Morgan fingerprint density at radius 1 is 1.40 bits per heavy atom. The van der Waals surface area contributed by atoms with E-state index < -0.39 is 10.0 Å². The number of rotatable bonds is 6. The fourth-order valence-corrected chi connectivity index (χ4v) is 3.73. The molecule has 1 aromatic rings. The number of sulfonamides is 1. The largest absolute Gasteiger partial charge is 0.495 e. The molecular formula is C14H22N2O3S. The fourth-order valence-electron chi connectivity index (χ4n) is 2.17. The number of benzene rings is 1. The van der Waals surface area contributed by atoms with Gasteiger partial charge in [0.2, 0.25) is 10.0 Å². The van der Waals surface area contributed by atoms with Gasteiger partial charge in [-0.05, 0) is 36.6 Å².